The minimum Gasteiger partial charge on any atom is -0.485 e. The lowest BCUT2D eigenvalue weighted by atomic mass is 10.2. The third-order valence-corrected chi connectivity index (χ3v) is 2.56. The van der Waals surface area contributed by atoms with E-state index in [1.807, 2.05) is 18.2 Å². The van der Waals surface area contributed by atoms with Gasteiger partial charge in [-0.1, -0.05) is 18.7 Å². The van der Waals surface area contributed by atoms with Crippen LogP contribution in [0.15, 0.2) is 40.9 Å². The maximum atomic E-state index is 10.6. The number of rotatable bonds is 4. The number of hydrogen-bond donors (Lipinski definition) is 1. The van der Waals surface area contributed by atoms with Gasteiger partial charge < -0.3 is 9.84 Å². The lowest BCUT2D eigenvalue weighted by molar-refractivity contribution is -0.133. The van der Waals surface area contributed by atoms with E-state index in [0.717, 1.165) is 4.47 Å². The van der Waals surface area contributed by atoms with Gasteiger partial charge in [-0.25, -0.2) is 4.79 Å². The molecule has 3 nitrogen and oxygen atoms in total. The minimum atomic E-state index is -1.05. The molecule has 1 unspecified atom stereocenters. The Balaban J connectivity index is 2.75. The quantitative estimate of drug-likeness (QED) is 0.856. The Bertz CT molecular complexity index is 387. The second kappa shape index (κ2) is 4.98. The van der Waals surface area contributed by atoms with Crippen molar-refractivity contribution in [2.24, 2.45) is 0 Å². The summed E-state index contributed by atoms with van der Waals surface area (Å²) in [5.74, 6) is -0.443. The van der Waals surface area contributed by atoms with Gasteiger partial charge >= 0.3 is 5.97 Å². The van der Waals surface area contributed by atoms with E-state index in [9.17, 15) is 4.79 Å². The summed E-state index contributed by atoms with van der Waals surface area (Å²) in [6, 6.07) is 7.26. The molecule has 0 bridgehead atoms. The van der Waals surface area contributed by atoms with E-state index in [1.54, 1.807) is 13.0 Å². The highest BCUT2D eigenvalue weighted by Crippen LogP contribution is 2.25. The number of carbonyl (C=O) groups is 1. The maximum Gasteiger partial charge on any atom is 0.334 e. The molecule has 1 rings (SSSR count). The molecule has 0 fully saturated rings. The average molecular weight is 271 g/mol. The lowest BCUT2D eigenvalue weighted by Crippen LogP contribution is -2.20. The highest BCUT2D eigenvalue weighted by Gasteiger charge is 2.15. The fourth-order valence-electron chi connectivity index (χ4n) is 0.976. The summed E-state index contributed by atoms with van der Waals surface area (Å²) in [5.41, 5.74) is 0.0331. The Hall–Kier alpha value is -1.29. The standard InChI is InChI=1S/C11H11BrO3/c1-7(11(13)14)8(2)15-10-6-4-3-5-9(10)12/h3-6,8H,1H2,2H3,(H,13,14). The topological polar surface area (TPSA) is 46.5 Å². The molecule has 1 N–H and O–H groups in total. The summed E-state index contributed by atoms with van der Waals surface area (Å²) >= 11 is 3.31. The molecule has 80 valence electrons. The van der Waals surface area contributed by atoms with Crippen molar-refractivity contribution >= 4 is 21.9 Å². The van der Waals surface area contributed by atoms with Crippen molar-refractivity contribution in [3.63, 3.8) is 0 Å². The van der Waals surface area contributed by atoms with Crippen molar-refractivity contribution in [3.8, 4) is 5.75 Å². The molecule has 15 heavy (non-hydrogen) atoms. The van der Waals surface area contributed by atoms with Crippen LogP contribution in [-0.4, -0.2) is 17.2 Å². The van der Waals surface area contributed by atoms with Crippen LogP contribution in [0, 0.1) is 0 Å². The molecular weight excluding hydrogens is 260 g/mol. The van der Waals surface area contributed by atoms with Gasteiger partial charge in [-0.05, 0) is 35.0 Å². The zero-order chi connectivity index (χ0) is 11.4. The molecule has 0 aromatic heterocycles. The smallest absolute Gasteiger partial charge is 0.334 e. The van der Waals surface area contributed by atoms with Gasteiger partial charge in [0.1, 0.15) is 11.9 Å². The zero-order valence-corrected chi connectivity index (χ0v) is 9.82. The molecular formula is C11H11BrO3. The molecule has 0 heterocycles. The van der Waals surface area contributed by atoms with Crippen molar-refractivity contribution in [2.75, 3.05) is 0 Å². The molecule has 0 spiro atoms. The SMILES string of the molecule is C=C(C(=O)O)C(C)Oc1ccccc1Br. The van der Waals surface area contributed by atoms with Crippen molar-refractivity contribution in [3.05, 3.63) is 40.9 Å². The van der Waals surface area contributed by atoms with Crippen LogP contribution in [-0.2, 0) is 4.79 Å². The van der Waals surface area contributed by atoms with Crippen LogP contribution in [0.3, 0.4) is 0 Å². The van der Waals surface area contributed by atoms with Crippen LogP contribution in [0.1, 0.15) is 6.92 Å². The number of carboxylic acids is 1. The Labute approximate surface area is 96.5 Å². The molecule has 0 saturated heterocycles. The molecule has 0 radical (unpaired) electrons. The molecule has 0 aliphatic heterocycles. The molecule has 0 aliphatic rings. The van der Waals surface area contributed by atoms with Gasteiger partial charge in [-0.2, -0.15) is 0 Å². The van der Waals surface area contributed by atoms with Gasteiger partial charge in [-0.15, -0.1) is 0 Å². The van der Waals surface area contributed by atoms with Crippen molar-refractivity contribution in [2.45, 2.75) is 13.0 Å². The third kappa shape index (κ3) is 3.09. The first-order chi connectivity index (χ1) is 7.02. The summed E-state index contributed by atoms with van der Waals surface area (Å²) in [7, 11) is 0. The predicted octanol–water partition coefficient (Wildman–Crippen LogP) is 2.86. The lowest BCUT2D eigenvalue weighted by Gasteiger charge is -2.15. The largest absolute Gasteiger partial charge is 0.485 e. The predicted molar refractivity (Wildman–Crippen MR) is 61.0 cm³/mol. The molecule has 1 aromatic rings. The van der Waals surface area contributed by atoms with Crippen molar-refractivity contribution < 1.29 is 14.6 Å². The summed E-state index contributed by atoms with van der Waals surface area (Å²) in [6.07, 6.45) is -0.554. The Kier molecular flexibility index (Phi) is 3.91. The zero-order valence-electron chi connectivity index (χ0n) is 8.24. The number of aliphatic carboxylic acids is 1. The fraction of sp³-hybridized carbons (Fsp3) is 0.182. The second-order valence-corrected chi connectivity index (χ2v) is 3.88. The normalized spacial score (nSPS) is 11.9. The second-order valence-electron chi connectivity index (χ2n) is 3.02. The fourth-order valence-corrected chi connectivity index (χ4v) is 1.35. The Morgan fingerprint density at radius 1 is 1.53 bits per heavy atom. The van der Waals surface area contributed by atoms with E-state index in [4.69, 9.17) is 9.84 Å². The van der Waals surface area contributed by atoms with Crippen LogP contribution in [0.2, 0.25) is 0 Å². The summed E-state index contributed by atoms with van der Waals surface area (Å²) in [6.45, 7) is 5.09. The summed E-state index contributed by atoms with van der Waals surface area (Å²) in [5, 5.41) is 8.71. The average Bonchev–Trinajstić information content (AvgIpc) is 2.20. The highest BCUT2D eigenvalue weighted by molar-refractivity contribution is 9.10. The van der Waals surface area contributed by atoms with Crippen LogP contribution < -0.4 is 4.74 Å². The number of hydrogen-bond acceptors (Lipinski definition) is 2. The van der Waals surface area contributed by atoms with Gasteiger partial charge in [0.25, 0.3) is 0 Å². The van der Waals surface area contributed by atoms with E-state index in [2.05, 4.69) is 22.5 Å². The maximum absolute atomic E-state index is 10.6. The molecule has 0 saturated carbocycles. The number of halogens is 1. The Morgan fingerprint density at radius 2 is 2.13 bits per heavy atom. The van der Waals surface area contributed by atoms with Crippen molar-refractivity contribution in [1.82, 2.24) is 0 Å². The van der Waals surface area contributed by atoms with Gasteiger partial charge in [0.15, 0.2) is 0 Å². The van der Waals surface area contributed by atoms with Gasteiger partial charge in [0, 0.05) is 0 Å². The van der Waals surface area contributed by atoms with Crippen LogP contribution >= 0.6 is 15.9 Å². The van der Waals surface area contributed by atoms with Crippen LogP contribution in [0.5, 0.6) is 5.75 Å². The van der Waals surface area contributed by atoms with E-state index < -0.39 is 12.1 Å². The minimum absolute atomic E-state index is 0.0331. The third-order valence-electron chi connectivity index (χ3n) is 1.91. The van der Waals surface area contributed by atoms with E-state index in [0.29, 0.717) is 5.75 Å². The summed E-state index contributed by atoms with van der Waals surface area (Å²) < 4.78 is 6.23. The molecule has 0 aliphatic carbocycles. The van der Waals surface area contributed by atoms with E-state index >= 15 is 0 Å². The molecule has 0 amide bonds. The molecule has 4 heteroatoms. The number of benzene rings is 1. The first kappa shape index (κ1) is 11.8. The van der Waals surface area contributed by atoms with Gasteiger partial charge in [0.2, 0.25) is 0 Å². The number of ether oxygens (including phenoxy) is 1. The van der Waals surface area contributed by atoms with E-state index in [1.165, 1.54) is 0 Å². The summed E-state index contributed by atoms with van der Waals surface area (Å²) in [4.78, 5) is 10.6. The first-order valence-corrected chi connectivity index (χ1v) is 5.15. The molecule has 1 atom stereocenters. The van der Waals surface area contributed by atoms with E-state index in [-0.39, 0.29) is 5.57 Å². The number of para-hydroxylation sites is 1. The molecule has 1 aromatic carbocycles. The monoisotopic (exact) mass is 270 g/mol. The highest BCUT2D eigenvalue weighted by atomic mass is 79.9. The Morgan fingerprint density at radius 3 is 2.67 bits per heavy atom. The van der Waals surface area contributed by atoms with Gasteiger partial charge in [-0.3, -0.25) is 0 Å². The van der Waals surface area contributed by atoms with Gasteiger partial charge in [0.05, 0.1) is 10.0 Å². The van der Waals surface area contributed by atoms with Crippen molar-refractivity contribution in [1.29, 1.82) is 0 Å². The first-order valence-electron chi connectivity index (χ1n) is 4.35. The van der Waals surface area contributed by atoms with Crippen LogP contribution in [0.25, 0.3) is 0 Å². The number of carboxylic acid groups (broad SMARTS) is 1. The van der Waals surface area contributed by atoms with Crippen LogP contribution in [0.4, 0.5) is 0 Å².